The molecule has 4 rings (SSSR count). The van der Waals surface area contributed by atoms with E-state index >= 15 is 0 Å². The second kappa shape index (κ2) is 7.10. The second-order valence-corrected chi connectivity index (χ2v) is 7.33. The van der Waals surface area contributed by atoms with Gasteiger partial charge in [0.2, 0.25) is 0 Å². The van der Waals surface area contributed by atoms with E-state index in [1.54, 1.807) is 37.5 Å². The van der Waals surface area contributed by atoms with Gasteiger partial charge in [0, 0.05) is 10.6 Å². The highest BCUT2D eigenvalue weighted by atomic mass is 35.5. The quantitative estimate of drug-likeness (QED) is 0.530. The number of hydrogen-bond donors (Lipinski definition) is 0. The predicted molar refractivity (Wildman–Crippen MR) is 110 cm³/mol. The standard InChI is InChI=1S/C21H14ClNO3S/c1-26-18-11-6-13-4-2-3-5-16(13)17(18)12-19-20(24)23(21(25)27-19)15-9-7-14(22)8-10-15/h2-12H,1H3/b19-12-. The van der Waals surface area contributed by atoms with Crippen molar-refractivity contribution >= 4 is 57.0 Å². The second-order valence-electron chi connectivity index (χ2n) is 5.90. The van der Waals surface area contributed by atoms with Crippen LogP contribution in [-0.4, -0.2) is 18.3 Å². The number of amides is 2. The lowest BCUT2D eigenvalue weighted by Gasteiger charge is -2.12. The van der Waals surface area contributed by atoms with Gasteiger partial charge in [0.1, 0.15) is 5.75 Å². The van der Waals surface area contributed by atoms with Crippen LogP contribution in [0, 0.1) is 0 Å². The molecule has 1 aliphatic heterocycles. The normalized spacial score (nSPS) is 15.8. The number of rotatable bonds is 3. The minimum Gasteiger partial charge on any atom is -0.496 e. The summed E-state index contributed by atoms with van der Waals surface area (Å²) >= 11 is 6.81. The van der Waals surface area contributed by atoms with E-state index in [9.17, 15) is 9.59 Å². The van der Waals surface area contributed by atoms with Crippen molar-refractivity contribution in [3.8, 4) is 5.75 Å². The van der Waals surface area contributed by atoms with E-state index in [1.807, 2.05) is 36.4 Å². The SMILES string of the molecule is COc1ccc2ccccc2c1/C=C1\SC(=O)N(c2ccc(Cl)cc2)C1=O. The van der Waals surface area contributed by atoms with Crippen molar-refractivity contribution < 1.29 is 14.3 Å². The number of methoxy groups -OCH3 is 1. The Morgan fingerprint density at radius 1 is 1.00 bits per heavy atom. The Morgan fingerprint density at radius 2 is 1.74 bits per heavy atom. The summed E-state index contributed by atoms with van der Waals surface area (Å²) in [6, 6.07) is 18.3. The van der Waals surface area contributed by atoms with Crippen molar-refractivity contribution in [1.29, 1.82) is 0 Å². The van der Waals surface area contributed by atoms with Crippen molar-refractivity contribution in [2.45, 2.75) is 0 Å². The molecule has 27 heavy (non-hydrogen) atoms. The van der Waals surface area contributed by atoms with Gasteiger partial charge < -0.3 is 4.74 Å². The van der Waals surface area contributed by atoms with Crippen LogP contribution < -0.4 is 9.64 Å². The third kappa shape index (κ3) is 3.20. The van der Waals surface area contributed by atoms with Crippen LogP contribution in [0.25, 0.3) is 16.8 Å². The molecule has 0 N–H and O–H groups in total. The van der Waals surface area contributed by atoms with Crippen molar-refractivity contribution in [2.24, 2.45) is 0 Å². The minimum absolute atomic E-state index is 0.340. The first kappa shape index (κ1) is 17.6. The van der Waals surface area contributed by atoms with Crippen LogP contribution in [0.5, 0.6) is 5.75 Å². The average Bonchev–Trinajstić information content (AvgIpc) is 2.96. The number of fused-ring (bicyclic) bond motifs is 1. The Balaban J connectivity index is 1.79. The van der Waals surface area contributed by atoms with E-state index in [4.69, 9.17) is 16.3 Å². The number of thioether (sulfide) groups is 1. The van der Waals surface area contributed by atoms with Gasteiger partial charge >= 0.3 is 0 Å². The average molecular weight is 396 g/mol. The topological polar surface area (TPSA) is 46.6 Å². The summed E-state index contributed by atoms with van der Waals surface area (Å²) in [4.78, 5) is 26.8. The highest BCUT2D eigenvalue weighted by Crippen LogP contribution is 2.38. The summed E-state index contributed by atoms with van der Waals surface area (Å²) in [6.07, 6.45) is 1.72. The molecule has 4 nitrogen and oxygen atoms in total. The third-order valence-corrected chi connectivity index (χ3v) is 5.43. The van der Waals surface area contributed by atoms with Gasteiger partial charge in [-0.2, -0.15) is 0 Å². The van der Waals surface area contributed by atoms with E-state index in [1.165, 1.54) is 0 Å². The van der Waals surface area contributed by atoms with E-state index in [0.717, 1.165) is 33.0 Å². The maximum atomic E-state index is 12.9. The molecule has 1 heterocycles. The van der Waals surface area contributed by atoms with Gasteiger partial charge in [-0.15, -0.1) is 0 Å². The number of nitrogens with zero attached hydrogens (tertiary/aromatic N) is 1. The van der Waals surface area contributed by atoms with Gasteiger partial charge in [-0.3, -0.25) is 9.59 Å². The van der Waals surface area contributed by atoms with Gasteiger partial charge in [0.05, 0.1) is 17.7 Å². The molecule has 1 fully saturated rings. The van der Waals surface area contributed by atoms with Crippen molar-refractivity contribution in [2.75, 3.05) is 12.0 Å². The Morgan fingerprint density at radius 3 is 2.48 bits per heavy atom. The van der Waals surface area contributed by atoms with Gasteiger partial charge in [-0.05, 0) is 58.9 Å². The Labute approximate surface area is 165 Å². The van der Waals surface area contributed by atoms with Crippen LogP contribution in [0.4, 0.5) is 10.5 Å². The van der Waals surface area contributed by atoms with Gasteiger partial charge in [-0.25, -0.2) is 4.90 Å². The van der Waals surface area contributed by atoms with Crippen molar-refractivity contribution in [3.63, 3.8) is 0 Å². The summed E-state index contributed by atoms with van der Waals surface area (Å²) in [5.41, 5.74) is 1.27. The molecule has 1 saturated heterocycles. The lowest BCUT2D eigenvalue weighted by Crippen LogP contribution is -2.27. The van der Waals surface area contributed by atoms with Crippen LogP contribution in [0.1, 0.15) is 5.56 Å². The molecule has 3 aromatic rings. The van der Waals surface area contributed by atoms with Crippen molar-refractivity contribution in [3.05, 3.63) is 76.2 Å². The van der Waals surface area contributed by atoms with E-state index in [2.05, 4.69) is 0 Å². The number of hydrogen-bond acceptors (Lipinski definition) is 4. The lowest BCUT2D eigenvalue weighted by molar-refractivity contribution is -0.113. The van der Waals surface area contributed by atoms with E-state index < -0.39 is 0 Å². The molecular formula is C21H14ClNO3S. The van der Waals surface area contributed by atoms with Gasteiger partial charge in [0.25, 0.3) is 11.1 Å². The number of benzene rings is 3. The Bertz CT molecular complexity index is 1090. The molecule has 0 bridgehead atoms. The first-order chi connectivity index (χ1) is 13.1. The smallest absolute Gasteiger partial charge is 0.298 e. The Kier molecular flexibility index (Phi) is 4.64. The maximum absolute atomic E-state index is 12.9. The number of carbonyl (C=O) groups excluding carboxylic acids is 2. The molecule has 0 aliphatic carbocycles. The first-order valence-corrected chi connectivity index (χ1v) is 9.37. The third-order valence-electron chi connectivity index (χ3n) is 4.30. The number of ether oxygens (including phenoxy) is 1. The van der Waals surface area contributed by atoms with Gasteiger partial charge in [0.15, 0.2) is 0 Å². The molecule has 6 heteroatoms. The highest BCUT2D eigenvalue weighted by molar-refractivity contribution is 8.19. The monoisotopic (exact) mass is 395 g/mol. The number of anilines is 1. The molecule has 2 amide bonds. The molecule has 0 spiro atoms. The van der Waals surface area contributed by atoms with Crippen LogP contribution in [0.3, 0.4) is 0 Å². The molecule has 0 unspecified atom stereocenters. The van der Waals surface area contributed by atoms with Crippen molar-refractivity contribution in [1.82, 2.24) is 0 Å². The summed E-state index contributed by atoms with van der Waals surface area (Å²) in [6.45, 7) is 0. The van der Waals surface area contributed by atoms with Crippen LogP contribution in [0.15, 0.2) is 65.6 Å². The molecule has 1 aliphatic rings. The zero-order chi connectivity index (χ0) is 19.0. The fourth-order valence-corrected chi connectivity index (χ4v) is 3.96. The maximum Gasteiger partial charge on any atom is 0.298 e. The van der Waals surface area contributed by atoms with Crippen LogP contribution >= 0.6 is 23.4 Å². The molecule has 0 radical (unpaired) electrons. The molecule has 0 saturated carbocycles. The van der Waals surface area contributed by atoms with Gasteiger partial charge in [-0.1, -0.05) is 41.9 Å². The van der Waals surface area contributed by atoms with E-state index in [-0.39, 0.29) is 11.1 Å². The van der Waals surface area contributed by atoms with E-state index in [0.29, 0.717) is 21.4 Å². The first-order valence-electron chi connectivity index (χ1n) is 8.18. The molecular weight excluding hydrogens is 382 g/mol. The minimum atomic E-state index is -0.359. The number of carbonyl (C=O) groups is 2. The Hall–Kier alpha value is -2.76. The lowest BCUT2D eigenvalue weighted by atomic mass is 10.0. The summed E-state index contributed by atoms with van der Waals surface area (Å²) in [5.74, 6) is 0.286. The van der Waals surface area contributed by atoms with Crippen LogP contribution in [0.2, 0.25) is 5.02 Å². The fraction of sp³-hybridized carbons (Fsp3) is 0.0476. The zero-order valence-electron chi connectivity index (χ0n) is 14.3. The highest BCUT2D eigenvalue weighted by Gasteiger charge is 2.36. The predicted octanol–water partition coefficient (Wildman–Crippen LogP) is 5.74. The molecule has 0 atom stereocenters. The molecule has 134 valence electrons. The fourth-order valence-electron chi connectivity index (χ4n) is 3.01. The zero-order valence-corrected chi connectivity index (χ0v) is 15.9. The summed E-state index contributed by atoms with van der Waals surface area (Å²) < 4.78 is 5.47. The summed E-state index contributed by atoms with van der Waals surface area (Å²) in [7, 11) is 1.58. The number of halogens is 1. The summed E-state index contributed by atoms with van der Waals surface area (Å²) in [5, 5.41) is 2.19. The number of imide groups is 1. The largest absolute Gasteiger partial charge is 0.496 e. The molecule has 3 aromatic carbocycles. The van der Waals surface area contributed by atoms with Crippen LogP contribution in [-0.2, 0) is 4.79 Å². The molecule has 0 aromatic heterocycles.